The van der Waals surface area contributed by atoms with E-state index in [1.807, 2.05) is 0 Å². The van der Waals surface area contributed by atoms with Crippen molar-refractivity contribution in [3.05, 3.63) is 224 Å². The predicted molar refractivity (Wildman–Crippen MR) is 255 cm³/mol. The molecule has 12 aromatic rings. The van der Waals surface area contributed by atoms with Crippen molar-refractivity contribution in [2.75, 3.05) is 4.90 Å². The summed E-state index contributed by atoms with van der Waals surface area (Å²) in [5.41, 5.74) is 8.14. The van der Waals surface area contributed by atoms with Crippen LogP contribution in [0.3, 0.4) is 0 Å². The standard InChI is InChI=1S/C58H37N/c1-3-21-45-40(15-1)35-56(52-28-10-5-23-47(45)52)38-17-13-19-42(33-38)59(44-31-32-55-51-27-8-7-25-49(51)50-26-9-12-30-54(50)58(55)37-44)43-20-14-18-39(34-43)57-36-41-16-2-4-22-46(41)48-24-6-11-29-53(48)57/h1-37H. The number of fused-ring (bicyclic) bond motifs is 12. The average Bonchev–Trinajstić information content (AvgIpc) is 3.31. The number of anilines is 3. The molecule has 0 unspecified atom stereocenters. The summed E-state index contributed by atoms with van der Waals surface area (Å²) in [6.45, 7) is 0. The summed E-state index contributed by atoms with van der Waals surface area (Å²) in [4.78, 5) is 2.45. The van der Waals surface area contributed by atoms with Crippen molar-refractivity contribution in [1.82, 2.24) is 0 Å². The minimum atomic E-state index is 1.10. The molecule has 0 aliphatic heterocycles. The van der Waals surface area contributed by atoms with E-state index in [2.05, 4.69) is 229 Å². The third kappa shape index (κ3) is 5.40. The highest BCUT2D eigenvalue weighted by molar-refractivity contribution is 6.26. The number of nitrogens with zero attached hydrogens (tertiary/aromatic N) is 1. The molecule has 0 spiro atoms. The molecule has 0 radical (unpaired) electrons. The summed E-state index contributed by atoms with van der Waals surface area (Å²) >= 11 is 0. The van der Waals surface area contributed by atoms with Gasteiger partial charge in [-0.05, 0) is 146 Å². The Bertz CT molecular complexity index is 3440. The Kier molecular flexibility index (Phi) is 7.61. The number of benzene rings is 12. The first-order valence-electron chi connectivity index (χ1n) is 20.4. The lowest BCUT2D eigenvalue weighted by atomic mass is 9.92. The van der Waals surface area contributed by atoms with Gasteiger partial charge in [-0.3, -0.25) is 0 Å². The highest BCUT2D eigenvalue weighted by Gasteiger charge is 2.19. The molecular formula is C58H37N. The van der Waals surface area contributed by atoms with Crippen molar-refractivity contribution in [1.29, 1.82) is 0 Å². The van der Waals surface area contributed by atoms with Crippen molar-refractivity contribution in [2.24, 2.45) is 0 Å². The van der Waals surface area contributed by atoms with Crippen LogP contribution in [0.15, 0.2) is 224 Å². The number of hydrogen-bond acceptors (Lipinski definition) is 1. The second-order valence-corrected chi connectivity index (χ2v) is 15.6. The van der Waals surface area contributed by atoms with Gasteiger partial charge in [0.15, 0.2) is 0 Å². The van der Waals surface area contributed by atoms with E-state index >= 15 is 0 Å². The van der Waals surface area contributed by atoms with E-state index < -0.39 is 0 Å². The van der Waals surface area contributed by atoms with E-state index in [0.29, 0.717) is 0 Å². The SMILES string of the molecule is c1cc(-c2cc3ccccc3c3ccccc23)cc(N(c2cccc(-c3cc4ccccc4c4ccccc34)c2)c2ccc3c4ccccc4c4ccccc4c3c2)c1. The second kappa shape index (κ2) is 13.4. The van der Waals surface area contributed by atoms with Crippen molar-refractivity contribution < 1.29 is 0 Å². The number of rotatable bonds is 5. The molecular weight excluding hydrogens is 711 g/mol. The minimum Gasteiger partial charge on any atom is -0.310 e. The van der Waals surface area contributed by atoms with Crippen molar-refractivity contribution in [3.8, 4) is 22.3 Å². The van der Waals surface area contributed by atoms with Crippen LogP contribution in [0.25, 0.3) is 97.7 Å². The normalized spacial score (nSPS) is 11.7. The molecule has 0 heterocycles. The van der Waals surface area contributed by atoms with Crippen molar-refractivity contribution >= 4 is 92.5 Å². The van der Waals surface area contributed by atoms with Gasteiger partial charge in [0.05, 0.1) is 0 Å². The molecule has 1 nitrogen and oxygen atoms in total. The van der Waals surface area contributed by atoms with E-state index in [0.717, 1.165) is 17.1 Å². The Hall–Kier alpha value is -7.74. The largest absolute Gasteiger partial charge is 0.310 e. The first kappa shape index (κ1) is 33.4. The molecule has 0 saturated carbocycles. The lowest BCUT2D eigenvalue weighted by Crippen LogP contribution is -2.10. The molecule has 0 bridgehead atoms. The van der Waals surface area contributed by atoms with Crippen LogP contribution in [0.5, 0.6) is 0 Å². The monoisotopic (exact) mass is 747 g/mol. The van der Waals surface area contributed by atoms with E-state index in [-0.39, 0.29) is 0 Å². The lowest BCUT2D eigenvalue weighted by molar-refractivity contribution is 1.29. The van der Waals surface area contributed by atoms with Crippen LogP contribution in [0, 0.1) is 0 Å². The Morgan fingerprint density at radius 3 is 1.00 bits per heavy atom. The van der Waals surface area contributed by atoms with Gasteiger partial charge in [0.1, 0.15) is 0 Å². The van der Waals surface area contributed by atoms with Crippen LogP contribution in [0.4, 0.5) is 17.1 Å². The third-order valence-electron chi connectivity index (χ3n) is 12.4. The minimum absolute atomic E-state index is 1.10. The lowest BCUT2D eigenvalue weighted by Gasteiger charge is -2.27. The maximum absolute atomic E-state index is 2.45. The topological polar surface area (TPSA) is 3.24 Å². The molecule has 0 fully saturated rings. The van der Waals surface area contributed by atoms with E-state index in [1.165, 1.54) is 97.7 Å². The van der Waals surface area contributed by atoms with Gasteiger partial charge in [0.2, 0.25) is 0 Å². The molecule has 0 atom stereocenters. The average molecular weight is 748 g/mol. The zero-order chi connectivity index (χ0) is 38.9. The van der Waals surface area contributed by atoms with Gasteiger partial charge in [0.25, 0.3) is 0 Å². The van der Waals surface area contributed by atoms with Crippen LogP contribution in [0.1, 0.15) is 0 Å². The molecule has 59 heavy (non-hydrogen) atoms. The van der Waals surface area contributed by atoms with E-state index in [9.17, 15) is 0 Å². The summed E-state index contributed by atoms with van der Waals surface area (Å²) in [5, 5.41) is 17.7. The van der Waals surface area contributed by atoms with Crippen molar-refractivity contribution in [2.45, 2.75) is 0 Å². The molecule has 0 aliphatic rings. The van der Waals surface area contributed by atoms with Gasteiger partial charge in [-0.1, -0.05) is 176 Å². The zero-order valence-corrected chi connectivity index (χ0v) is 32.3. The van der Waals surface area contributed by atoms with Gasteiger partial charge >= 0.3 is 0 Å². The first-order chi connectivity index (χ1) is 29.3. The van der Waals surface area contributed by atoms with Crippen LogP contribution >= 0.6 is 0 Å². The molecule has 12 aromatic carbocycles. The summed E-state index contributed by atoms with van der Waals surface area (Å²) < 4.78 is 0. The van der Waals surface area contributed by atoms with E-state index in [1.54, 1.807) is 0 Å². The predicted octanol–water partition coefficient (Wildman–Crippen LogP) is 16.6. The van der Waals surface area contributed by atoms with Crippen LogP contribution < -0.4 is 4.90 Å². The Labute approximate surface area is 342 Å². The van der Waals surface area contributed by atoms with Gasteiger partial charge in [0, 0.05) is 17.1 Å². The summed E-state index contributed by atoms with van der Waals surface area (Å²) in [6.07, 6.45) is 0. The molecule has 0 amide bonds. The van der Waals surface area contributed by atoms with Crippen LogP contribution in [0.2, 0.25) is 0 Å². The molecule has 274 valence electrons. The van der Waals surface area contributed by atoms with Gasteiger partial charge in [-0.25, -0.2) is 0 Å². The fraction of sp³-hybridized carbons (Fsp3) is 0. The van der Waals surface area contributed by atoms with Crippen LogP contribution in [-0.2, 0) is 0 Å². The molecule has 0 saturated heterocycles. The van der Waals surface area contributed by atoms with Crippen LogP contribution in [-0.4, -0.2) is 0 Å². The summed E-state index contributed by atoms with van der Waals surface area (Å²) in [5.74, 6) is 0. The van der Waals surface area contributed by atoms with E-state index in [4.69, 9.17) is 0 Å². The third-order valence-corrected chi connectivity index (χ3v) is 12.4. The Morgan fingerprint density at radius 1 is 0.203 bits per heavy atom. The fourth-order valence-corrected chi connectivity index (χ4v) is 9.69. The molecule has 12 rings (SSSR count). The summed E-state index contributed by atoms with van der Waals surface area (Å²) in [6, 6.07) is 82.7. The maximum Gasteiger partial charge on any atom is 0.0468 e. The highest BCUT2D eigenvalue weighted by atomic mass is 15.1. The van der Waals surface area contributed by atoms with Gasteiger partial charge < -0.3 is 4.90 Å². The Balaban J connectivity index is 1.11. The second-order valence-electron chi connectivity index (χ2n) is 15.6. The quantitative estimate of drug-likeness (QED) is 0.159. The Morgan fingerprint density at radius 2 is 0.542 bits per heavy atom. The highest BCUT2D eigenvalue weighted by Crippen LogP contribution is 2.44. The molecule has 0 aromatic heterocycles. The molecule has 0 aliphatic carbocycles. The smallest absolute Gasteiger partial charge is 0.0468 e. The van der Waals surface area contributed by atoms with Crippen molar-refractivity contribution in [3.63, 3.8) is 0 Å². The first-order valence-corrected chi connectivity index (χ1v) is 20.4. The summed E-state index contributed by atoms with van der Waals surface area (Å²) in [7, 11) is 0. The zero-order valence-electron chi connectivity index (χ0n) is 32.3. The van der Waals surface area contributed by atoms with Gasteiger partial charge in [-0.15, -0.1) is 0 Å². The number of hydrogen-bond donors (Lipinski definition) is 0. The van der Waals surface area contributed by atoms with Gasteiger partial charge in [-0.2, -0.15) is 0 Å². The maximum atomic E-state index is 2.45. The molecule has 1 heteroatoms. The fourth-order valence-electron chi connectivity index (χ4n) is 9.69. The molecule has 0 N–H and O–H groups in total.